The number of carbonyl (C=O) groups excluding carboxylic acids is 2. The molecule has 0 N–H and O–H groups in total. The maximum atomic E-state index is 12.4. The van der Waals surface area contributed by atoms with Crippen molar-refractivity contribution in [3.8, 4) is 0 Å². The molecule has 2 aliphatic rings. The summed E-state index contributed by atoms with van der Waals surface area (Å²) in [6, 6.07) is 7.66. The molecule has 0 bridgehead atoms. The summed E-state index contributed by atoms with van der Waals surface area (Å²) in [5.74, 6) is -0.181. The van der Waals surface area contributed by atoms with Crippen LogP contribution in [-0.2, 0) is 4.79 Å². The average Bonchev–Trinajstić information content (AvgIpc) is 3.06. The van der Waals surface area contributed by atoms with E-state index in [4.69, 9.17) is 0 Å². The van der Waals surface area contributed by atoms with E-state index in [-0.39, 0.29) is 11.1 Å². The van der Waals surface area contributed by atoms with Gasteiger partial charge in [-0.1, -0.05) is 28.1 Å². The minimum Gasteiger partial charge on any atom is -0.286 e. The van der Waals surface area contributed by atoms with Crippen molar-refractivity contribution in [1.29, 1.82) is 0 Å². The molecule has 1 aromatic rings. The number of nitrogens with zero attached hydrogens (tertiary/aromatic N) is 2. The molecule has 110 valence electrons. The Bertz CT molecular complexity index is 594. The van der Waals surface area contributed by atoms with Gasteiger partial charge >= 0.3 is 0 Å². The van der Waals surface area contributed by atoms with E-state index in [1.165, 1.54) is 4.90 Å². The van der Waals surface area contributed by atoms with E-state index in [0.717, 1.165) is 47.7 Å². The molecule has 1 aromatic carbocycles. The van der Waals surface area contributed by atoms with Crippen molar-refractivity contribution in [2.24, 2.45) is 0 Å². The van der Waals surface area contributed by atoms with E-state index in [9.17, 15) is 9.59 Å². The van der Waals surface area contributed by atoms with Crippen molar-refractivity contribution in [1.82, 2.24) is 9.80 Å². The van der Waals surface area contributed by atoms with Crippen molar-refractivity contribution < 1.29 is 9.59 Å². The second-order valence-electron chi connectivity index (χ2n) is 5.13. The van der Waals surface area contributed by atoms with Gasteiger partial charge in [-0.3, -0.25) is 19.4 Å². The summed E-state index contributed by atoms with van der Waals surface area (Å²) < 4.78 is 0.988. The zero-order valence-electron chi connectivity index (χ0n) is 11.4. The van der Waals surface area contributed by atoms with Crippen LogP contribution < -0.4 is 0 Å². The summed E-state index contributed by atoms with van der Waals surface area (Å²) in [4.78, 5) is 28.4. The maximum absolute atomic E-state index is 12.4. The highest BCUT2D eigenvalue weighted by Gasteiger charge is 2.36. The van der Waals surface area contributed by atoms with Gasteiger partial charge in [0.15, 0.2) is 0 Å². The number of halogens is 1. The zero-order valence-corrected chi connectivity index (χ0v) is 13.8. The van der Waals surface area contributed by atoms with E-state index in [1.807, 2.05) is 24.3 Å². The summed E-state index contributed by atoms with van der Waals surface area (Å²) in [6.07, 6.45) is 4.07. The number of likely N-dealkylation sites (tertiary alicyclic amines) is 1. The van der Waals surface area contributed by atoms with Gasteiger partial charge in [-0.05, 0) is 61.5 Å². The minimum absolute atomic E-state index is 0.171. The van der Waals surface area contributed by atoms with Gasteiger partial charge in [-0.25, -0.2) is 0 Å². The van der Waals surface area contributed by atoms with Crippen LogP contribution in [0.1, 0.15) is 18.4 Å². The Kier molecular flexibility index (Phi) is 4.47. The lowest BCUT2D eigenvalue weighted by Gasteiger charge is -2.20. The second-order valence-corrected chi connectivity index (χ2v) is 7.04. The van der Waals surface area contributed by atoms with Crippen LogP contribution in [0.25, 0.3) is 6.08 Å². The topological polar surface area (TPSA) is 40.6 Å². The van der Waals surface area contributed by atoms with E-state index in [1.54, 1.807) is 6.08 Å². The number of benzene rings is 1. The lowest BCUT2D eigenvalue weighted by Crippen LogP contribution is -2.38. The quantitative estimate of drug-likeness (QED) is 0.767. The van der Waals surface area contributed by atoms with Crippen LogP contribution in [0.3, 0.4) is 0 Å². The van der Waals surface area contributed by atoms with Gasteiger partial charge in [0.05, 0.1) is 11.6 Å². The van der Waals surface area contributed by atoms with Crippen molar-refractivity contribution in [2.75, 3.05) is 19.8 Å². The molecule has 6 heteroatoms. The summed E-state index contributed by atoms with van der Waals surface area (Å²) in [5, 5.41) is -0.171. The molecular weight excluding hydrogens is 352 g/mol. The first-order valence-electron chi connectivity index (χ1n) is 6.87. The molecule has 0 aromatic heterocycles. The largest absolute Gasteiger partial charge is 0.294 e. The lowest BCUT2D eigenvalue weighted by atomic mass is 10.2. The molecule has 0 aliphatic carbocycles. The maximum Gasteiger partial charge on any atom is 0.294 e. The average molecular weight is 367 g/mol. The second kappa shape index (κ2) is 6.34. The molecule has 0 radical (unpaired) electrons. The van der Waals surface area contributed by atoms with Crippen LogP contribution in [0.4, 0.5) is 4.79 Å². The van der Waals surface area contributed by atoms with Gasteiger partial charge in [-0.2, -0.15) is 0 Å². The number of imide groups is 1. The number of hydrogen-bond acceptors (Lipinski definition) is 4. The normalized spacial score (nSPS) is 21.8. The summed E-state index contributed by atoms with van der Waals surface area (Å²) in [6.45, 7) is 2.35. The number of thioether (sulfide) groups is 1. The van der Waals surface area contributed by atoms with Crippen LogP contribution in [0, 0.1) is 0 Å². The van der Waals surface area contributed by atoms with Crippen molar-refractivity contribution in [3.63, 3.8) is 0 Å². The first-order chi connectivity index (χ1) is 10.1. The van der Waals surface area contributed by atoms with Crippen LogP contribution in [0.5, 0.6) is 0 Å². The molecule has 0 atom stereocenters. The number of hydrogen-bond donors (Lipinski definition) is 0. The van der Waals surface area contributed by atoms with E-state index < -0.39 is 0 Å². The summed E-state index contributed by atoms with van der Waals surface area (Å²) in [7, 11) is 0. The fourth-order valence-corrected chi connectivity index (χ4v) is 3.55. The predicted octanol–water partition coefficient (Wildman–Crippen LogP) is 3.54. The lowest BCUT2D eigenvalue weighted by molar-refractivity contribution is -0.124. The molecule has 2 saturated heterocycles. The smallest absolute Gasteiger partial charge is 0.286 e. The van der Waals surface area contributed by atoms with E-state index >= 15 is 0 Å². The number of amides is 2. The Morgan fingerprint density at radius 2 is 1.81 bits per heavy atom. The van der Waals surface area contributed by atoms with Crippen LogP contribution in [0.15, 0.2) is 33.6 Å². The van der Waals surface area contributed by atoms with E-state index in [0.29, 0.717) is 11.6 Å². The predicted molar refractivity (Wildman–Crippen MR) is 87.6 cm³/mol. The molecule has 2 amide bonds. The fraction of sp³-hybridized carbons (Fsp3) is 0.333. The molecular formula is C15H15BrN2O2S. The van der Waals surface area contributed by atoms with Crippen LogP contribution in [0.2, 0.25) is 0 Å². The molecule has 3 rings (SSSR count). The molecule has 2 fully saturated rings. The van der Waals surface area contributed by atoms with Gasteiger partial charge in [-0.15, -0.1) is 0 Å². The third kappa shape index (κ3) is 3.39. The zero-order chi connectivity index (χ0) is 14.8. The SMILES string of the molecule is O=C1S/C(=C\c2ccc(Br)cc2)C(=O)N1CN1CCCC1. The third-order valence-electron chi connectivity index (χ3n) is 3.58. The van der Waals surface area contributed by atoms with Crippen molar-refractivity contribution >= 4 is 44.9 Å². The Morgan fingerprint density at radius 3 is 2.48 bits per heavy atom. The highest BCUT2D eigenvalue weighted by molar-refractivity contribution is 9.10. The first-order valence-corrected chi connectivity index (χ1v) is 8.48. The fourth-order valence-electron chi connectivity index (χ4n) is 2.46. The van der Waals surface area contributed by atoms with Gasteiger partial charge in [0.2, 0.25) is 0 Å². The molecule has 2 aliphatic heterocycles. The number of carbonyl (C=O) groups is 2. The van der Waals surface area contributed by atoms with Gasteiger partial charge in [0.25, 0.3) is 11.1 Å². The highest BCUT2D eigenvalue weighted by atomic mass is 79.9. The first kappa shape index (κ1) is 14.8. The number of rotatable bonds is 3. The molecule has 0 saturated carbocycles. The van der Waals surface area contributed by atoms with E-state index in [2.05, 4.69) is 20.8 Å². The van der Waals surface area contributed by atoms with Crippen LogP contribution >= 0.6 is 27.7 Å². The molecule has 0 spiro atoms. The third-order valence-corrected chi connectivity index (χ3v) is 5.02. The van der Waals surface area contributed by atoms with Gasteiger partial charge in [0.1, 0.15) is 0 Å². The molecule has 0 unspecified atom stereocenters. The molecule has 4 nitrogen and oxygen atoms in total. The summed E-state index contributed by atoms with van der Waals surface area (Å²) >= 11 is 4.40. The van der Waals surface area contributed by atoms with Crippen LogP contribution in [-0.4, -0.2) is 40.7 Å². The Balaban J connectivity index is 1.74. The highest BCUT2D eigenvalue weighted by Crippen LogP contribution is 2.32. The molecule has 21 heavy (non-hydrogen) atoms. The molecule has 2 heterocycles. The Morgan fingerprint density at radius 1 is 1.14 bits per heavy atom. The van der Waals surface area contributed by atoms with Crippen molar-refractivity contribution in [2.45, 2.75) is 12.8 Å². The minimum atomic E-state index is -0.181. The van der Waals surface area contributed by atoms with Gasteiger partial charge < -0.3 is 0 Å². The van der Waals surface area contributed by atoms with Gasteiger partial charge in [0, 0.05) is 4.47 Å². The summed E-state index contributed by atoms with van der Waals surface area (Å²) in [5.41, 5.74) is 0.921. The Hall–Kier alpha value is -1.11. The van der Waals surface area contributed by atoms with Crippen molar-refractivity contribution in [3.05, 3.63) is 39.2 Å². The Labute approximate surface area is 136 Å². The monoisotopic (exact) mass is 366 g/mol. The standard InChI is InChI=1S/C15H15BrN2O2S/c16-12-5-3-11(4-6-12)9-13-14(19)18(15(20)21-13)10-17-7-1-2-8-17/h3-6,9H,1-2,7-8,10H2/b13-9-.